The zero-order valence-corrected chi connectivity index (χ0v) is 11.6. The lowest BCUT2D eigenvalue weighted by Crippen LogP contribution is -1.90. The van der Waals surface area contributed by atoms with E-state index >= 15 is 0 Å². The number of hydrogen-bond acceptors (Lipinski definition) is 3. The van der Waals surface area contributed by atoms with Crippen LogP contribution in [-0.2, 0) is 0 Å². The lowest BCUT2D eigenvalue weighted by Gasteiger charge is -2.06. The first kappa shape index (κ1) is 13.6. The monoisotopic (exact) mass is 293 g/mol. The van der Waals surface area contributed by atoms with E-state index in [2.05, 4.69) is 51.9 Å². The number of anilines is 1. The Hall–Kier alpha value is -1.42. The first-order chi connectivity index (χ1) is 8.11. The van der Waals surface area contributed by atoms with Crippen LogP contribution in [-0.4, -0.2) is 9.97 Å². The quantitative estimate of drug-likeness (QED) is 0.817. The van der Waals surface area contributed by atoms with E-state index in [1.165, 1.54) is 11.9 Å². The second-order valence-electron chi connectivity index (χ2n) is 3.84. The molecule has 0 aliphatic heterocycles. The van der Waals surface area contributed by atoms with Crippen molar-refractivity contribution >= 4 is 21.6 Å². The lowest BCUT2D eigenvalue weighted by molar-refractivity contribution is 0.866. The van der Waals surface area contributed by atoms with Crippen molar-refractivity contribution in [3.05, 3.63) is 53.0 Å². The predicted molar refractivity (Wildman–Crippen MR) is 74.7 cm³/mol. The van der Waals surface area contributed by atoms with Crippen LogP contribution in [0.5, 0.6) is 0 Å². The Labute approximate surface area is 110 Å². The summed E-state index contributed by atoms with van der Waals surface area (Å²) >= 11 is 3.39. The van der Waals surface area contributed by atoms with Gasteiger partial charge in [0, 0.05) is 22.6 Å². The maximum absolute atomic E-state index is 5.64. The molecule has 0 amide bonds. The van der Waals surface area contributed by atoms with Crippen LogP contribution in [0.2, 0.25) is 0 Å². The van der Waals surface area contributed by atoms with E-state index in [1.54, 1.807) is 18.5 Å². The maximum Gasteiger partial charge on any atom is 0.115 e. The van der Waals surface area contributed by atoms with Crippen molar-refractivity contribution in [1.82, 2.24) is 9.97 Å². The van der Waals surface area contributed by atoms with E-state index in [0.29, 0.717) is 5.92 Å². The standard InChI is InChI=1S/C9H12BrN.C4H4N2/c1-6(2)7-3-4-9(11)8(10)5-7;1-2-5-4-6-3-1/h3-6H,11H2,1-2H3;1-4H. The van der Waals surface area contributed by atoms with Gasteiger partial charge in [-0.1, -0.05) is 19.9 Å². The number of aromatic nitrogens is 2. The molecular weight excluding hydrogens is 278 g/mol. The van der Waals surface area contributed by atoms with Crippen molar-refractivity contribution in [2.45, 2.75) is 19.8 Å². The third-order valence-corrected chi connectivity index (χ3v) is 2.86. The lowest BCUT2D eigenvalue weighted by atomic mass is 10.0. The number of nitrogen functional groups attached to an aromatic ring is 1. The van der Waals surface area contributed by atoms with Crippen LogP contribution in [0.3, 0.4) is 0 Å². The first-order valence-corrected chi connectivity index (χ1v) is 6.15. The average molecular weight is 294 g/mol. The summed E-state index contributed by atoms with van der Waals surface area (Å²) in [4.78, 5) is 7.35. The number of halogens is 1. The molecule has 1 aromatic carbocycles. The molecule has 0 aliphatic rings. The topological polar surface area (TPSA) is 51.8 Å². The van der Waals surface area contributed by atoms with Gasteiger partial charge < -0.3 is 5.73 Å². The van der Waals surface area contributed by atoms with Gasteiger partial charge >= 0.3 is 0 Å². The zero-order chi connectivity index (χ0) is 12.7. The normalized spacial score (nSPS) is 9.65. The number of benzene rings is 1. The van der Waals surface area contributed by atoms with Gasteiger partial charge in [-0.2, -0.15) is 0 Å². The van der Waals surface area contributed by atoms with Gasteiger partial charge in [0.15, 0.2) is 0 Å². The summed E-state index contributed by atoms with van der Waals surface area (Å²) in [6.07, 6.45) is 4.88. The summed E-state index contributed by atoms with van der Waals surface area (Å²) < 4.78 is 0.990. The van der Waals surface area contributed by atoms with Crippen LogP contribution in [0, 0.1) is 0 Å². The van der Waals surface area contributed by atoms with Crippen LogP contribution < -0.4 is 5.73 Å². The molecular formula is C13H16BrN3. The summed E-state index contributed by atoms with van der Waals surface area (Å²) in [5.74, 6) is 0.562. The second kappa shape index (κ2) is 7.01. The van der Waals surface area contributed by atoms with Crippen LogP contribution in [0.1, 0.15) is 25.3 Å². The number of nitrogens with two attached hydrogens (primary N) is 1. The minimum Gasteiger partial charge on any atom is -0.398 e. The Morgan fingerprint density at radius 3 is 2.18 bits per heavy atom. The smallest absolute Gasteiger partial charge is 0.115 e. The molecule has 0 fully saturated rings. The number of nitrogens with zero attached hydrogens (tertiary/aromatic N) is 2. The van der Waals surface area contributed by atoms with Gasteiger partial charge in [0.25, 0.3) is 0 Å². The molecule has 0 atom stereocenters. The Bertz CT molecular complexity index is 417. The Balaban J connectivity index is 0.000000202. The second-order valence-corrected chi connectivity index (χ2v) is 4.69. The van der Waals surface area contributed by atoms with Gasteiger partial charge in [0.05, 0.1) is 0 Å². The van der Waals surface area contributed by atoms with E-state index in [4.69, 9.17) is 5.73 Å². The number of rotatable bonds is 1. The SMILES string of the molecule is CC(C)c1ccc(N)c(Br)c1.c1cncnc1. The minimum absolute atomic E-state index is 0.562. The summed E-state index contributed by atoms with van der Waals surface area (Å²) in [7, 11) is 0. The van der Waals surface area contributed by atoms with E-state index in [-0.39, 0.29) is 0 Å². The molecule has 0 radical (unpaired) electrons. The third kappa shape index (κ3) is 4.95. The molecule has 1 aromatic heterocycles. The minimum atomic E-state index is 0.562. The van der Waals surface area contributed by atoms with Crippen molar-refractivity contribution in [1.29, 1.82) is 0 Å². The molecule has 4 heteroatoms. The molecule has 0 unspecified atom stereocenters. The van der Waals surface area contributed by atoms with E-state index in [1.807, 2.05) is 6.07 Å². The van der Waals surface area contributed by atoms with Crippen molar-refractivity contribution in [2.24, 2.45) is 0 Å². The van der Waals surface area contributed by atoms with Crippen molar-refractivity contribution in [2.75, 3.05) is 5.73 Å². The maximum atomic E-state index is 5.64. The summed E-state index contributed by atoms with van der Waals surface area (Å²) in [5.41, 5.74) is 7.75. The molecule has 1 heterocycles. The molecule has 90 valence electrons. The largest absolute Gasteiger partial charge is 0.398 e. The Morgan fingerprint density at radius 2 is 1.82 bits per heavy atom. The van der Waals surface area contributed by atoms with Gasteiger partial charge in [-0.15, -0.1) is 0 Å². The fraction of sp³-hybridized carbons (Fsp3) is 0.231. The molecule has 2 rings (SSSR count). The predicted octanol–water partition coefficient (Wildman–Crippen LogP) is 3.63. The molecule has 0 aliphatic carbocycles. The Morgan fingerprint density at radius 1 is 1.18 bits per heavy atom. The summed E-state index contributed by atoms with van der Waals surface area (Å²) in [5, 5.41) is 0. The molecule has 2 aromatic rings. The molecule has 3 nitrogen and oxygen atoms in total. The third-order valence-electron chi connectivity index (χ3n) is 2.17. The van der Waals surface area contributed by atoms with Crippen LogP contribution >= 0.6 is 15.9 Å². The highest BCUT2D eigenvalue weighted by Gasteiger charge is 2.00. The van der Waals surface area contributed by atoms with Crippen LogP contribution in [0.4, 0.5) is 5.69 Å². The van der Waals surface area contributed by atoms with Gasteiger partial charge in [0.1, 0.15) is 6.33 Å². The fourth-order valence-electron chi connectivity index (χ4n) is 1.16. The van der Waals surface area contributed by atoms with Crippen LogP contribution in [0.15, 0.2) is 47.5 Å². The fourth-order valence-corrected chi connectivity index (χ4v) is 1.55. The van der Waals surface area contributed by atoms with Crippen molar-refractivity contribution in [3.8, 4) is 0 Å². The highest BCUT2D eigenvalue weighted by Crippen LogP contribution is 2.24. The van der Waals surface area contributed by atoms with Crippen molar-refractivity contribution in [3.63, 3.8) is 0 Å². The molecule has 0 spiro atoms. The first-order valence-electron chi connectivity index (χ1n) is 5.36. The van der Waals surface area contributed by atoms with E-state index in [9.17, 15) is 0 Å². The number of hydrogen-bond donors (Lipinski definition) is 1. The molecule has 0 bridgehead atoms. The summed E-state index contributed by atoms with van der Waals surface area (Å²) in [6.45, 7) is 4.33. The molecule has 0 saturated heterocycles. The zero-order valence-electron chi connectivity index (χ0n) is 9.97. The Kier molecular flexibility index (Phi) is 5.63. The molecule has 2 N–H and O–H groups in total. The highest BCUT2D eigenvalue weighted by molar-refractivity contribution is 9.10. The van der Waals surface area contributed by atoms with Gasteiger partial charge in [-0.05, 0) is 45.6 Å². The van der Waals surface area contributed by atoms with Gasteiger partial charge in [0.2, 0.25) is 0 Å². The van der Waals surface area contributed by atoms with Gasteiger partial charge in [-0.25, -0.2) is 9.97 Å². The van der Waals surface area contributed by atoms with Crippen molar-refractivity contribution < 1.29 is 0 Å². The average Bonchev–Trinajstić information content (AvgIpc) is 2.35. The summed E-state index contributed by atoms with van der Waals surface area (Å²) in [6, 6.07) is 7.84. The van der Waals surface area contributed by atoms with Crippen LogP contribution in [0.25, 0.3) is 0 Å². The molecule has 17 heavy (non-hydrogen) atoms. The van der Waals surface area contributed by atoms with E-state index in [0.717, 1.165) is 10.2 Å². The highest BCUT2D eigenvalue weighted by atomic mass is 79.9. The molecule has 0 saturated carbocycles. The van der Waals surface area contributed by atoms with Gasteiger partial charge in [-0.3, -0.25) is 0 Å². The van der Waals surface area contributed by atoms with E-state index < -0.39 is 0 Å².